The number of carboxylic acid groups (broad SMARTS) is 1. The van der Waals surface area contributed by atoms with E-state index in [1.54, 1.807) is 0 Å². The van der Waals surface area contributed by atoms with Gasteiger partial charge in [-0.25, -0.2) is 4.79 Å². The van der Waals surface area contributed by atoms with Gasteiger partial charge in [0.25, 0.3) is 0 Å². The lowest BCUT2D eigenvalue weighted by molar-refractivity contribution is -0.137. The second-order valence-electron chi connectivity index (χ2n) is 4.73. The lowest BCUT2D eigenvalue weighted by atomic mass is 9.96. The van der Waals surface area contributed by atoms with Gasteiger partial charge in [0.1, 0.15) is 0 Å². The lowest BCUT2D eigenvalue weighted by Crippen LogP contribution is -2.33. The van der Waals surface area contributed by atoms with Crippen molar-refractivity contribution in [2.75, 3.05) is 0 Å². The normalized spacial score (nSPS) is 32.0. The molecule has 1 saturated carbocycles. The highest BCUT2D eigenvalue weighted by Crippen LogP contribution is 2.32. The minimum Gasteiger partial charge on any atom is -0.481 e. The quantitative estimate of drug-likeness (QED) is 0.614. The number of hydrogen-bond acceptors (Lipinski definition) is 2. The summed E-state index contributed by atoms with van der Waals surface area (Å²) in [5.41, 5.74) is 0. The Balaban J connectivity index is 1.70. The van der Waals surface area contributed by atoms with Crippen molar-refractivity contribution in [3.63, 3.8) is 0 Å². The number of nitrogens with one attached hydrogen (secondary N) is 2. The maximum Gasteiger partial charge on any atom is 0.315 e. The number of unbranched alkanes of at least 4 members (excludes halogenated alkanes) is 1. The maximum atomic E-state index is 11.1. The fourth-order valence-corrected chi connectivity index (χ4v) is 2.83. The van der Waals surface area contributed by atoms with Crippen molar-refractivity contribution in [1.82, 2.24) is 10.6 Å². The third-order valence-electron chi connectivity index (χ3n) is 3.62. The van der Waals surface area contributed by atoms with Gasteiger partial charge in [0.05, 0.1) is 12.1 Å². The molecule has 0 radical (unpaired) electrons. The zero-order valence-corrected chi connectivity index (χ0v) is 9.24. The molecule has 0 aromatic carbocycles. The Labute approximate surface area is 94.6 Å². The van der Waals surface area contributed by atoms with Crippen LogP contribution in [0.3, 0.4) is 0 Å². The van der Waals surface area contributed by atoms with E-state index in [0.29, 0.717) is 12.0 Å². The number of hydrogen-bond donors (Lipinski definition) is 3. The van der Waals surface area contributed by atoms with Crippen LogP contribution in [0.1, 0.15) is 38.5 Å². The first-order valence-corrected chi connectivity index (χ1v) is 5.95. The van der Waals surface area contributed by atoms with Gasteiger partial charge >= 0.3 is 12.0 Å². The number of urea groups is 1. The summed E-state index contributed by atoms with van der Waals surface area (Å²) in [6.45, 7) is 0. The number of carbonyl (C=O) groups excluding carboxylic acids is 1. The number of amides is 2. The first-order chi connectivity index (χ1) is 7.66. The summed E-state index contributed by atoms with van der Waals surface area (Å²) >= 11 is 0. The van der Waals surface area contributed by atoms with E-state index in [1.807, 2.05) is 0 Å². The van der Waals surface area contributed by atoms with Gasteiger partial charge in [-0.05, 0) is 31.6 Å². The predicted octanol–water partition coefficient (Wildman–Crippen LogP) is 1.09. The fourth-order valence-electron chi connectivity index (χ4n) is 2.83. The van der Waals surface area contributed by atoms with E-state index < -0.39 is 5.97 Å². The van der Waals surface area contributed by atoms with Gasteiger partial charge in [0, 0.05) is 6.42 Å². The van der Waals surface area contributed by atoms with E-state index in [-0.39, 0.29) is 18.5 Å². The molecule has 3 N–H and O–H groups in total. The fraction of sp³-hybridized carbons (Fsp3) is 0.818. The first kappa shape index (κ1) is 11.2. The molecule has 0 spiro atoms. The molecule has 2 unspecified atom stereocenters. The van der Waals surface area contributed by atoms with Crippen molar-refractivity contribution in [3.8, 4) is 0 Å². The lowest BCUT2D eigenvalue weighted by Gasteiger charge is -2.17. The van der Waals surface area contributed by atoms with Gasteiger partial charge in [0.2, 0.25) is 0 Å². The van der Waals surface area contributed by atoms with Crippen LogP contribution in [0.4, 0.5) is 4.79 Å². The van der Waals surface area contributed by atoms with Gasteiger partial charge in [0.15, 0.2) is 0 Å². The van der Waals surface area contributed by atoms with Gasteiger partial charge in [-0.1, -0.05) is 6.42 Å². The van der Waals surface area contributed by atoms with Crippen LogP contribution in [-0.2, 0) is 4.79 Å². The van der Waals surface area contributed by atoms with Crippen molar-refractivity contribution in [1.29, 1.82) is 0 Å². The highest BCUT2D eigenvalue weighted by atomic mass is 16.4. The van der Waals surface area contributed by atoms with Gasteiger partial charge < -0.3 is 15.7 Å². The van der Waals surface area contributed by atoms with E-state index in [9.17, 15) is 9.59 Å². The summed E-state index contributed by atoms with van der Waals surface area (Å²) in [7, 11) is 0. The molecule has 1 heterocycles. The maximum absolute atomic E-state index is 11.1. The molecule has 2 amide bonds. The number of carboxylic acids is 1. The van der Waals surface area contributed by atoms with Crippen LogP contribution in [0.25, 0.3) is 0 Å². The minimum absolute atomic E-state index is 0.0507. The third-order valence-corrected chi connectivity index (χ3v) is 3.62. The summed E-state index contributed by atoms with van der Waals surface area (Å²) < 4.78 is 0. The summed E-state index contributed by atoms with van der Waals surface area (Å²) in [6, 6.07) is 0.527. The van der Waals surface area contributed by atoms with Crippen molar-refractivity contribution < 1.29 is 14.7 Å². The Morgan fingerprint density at radius 2 is 2.12 bits per heavy atom. The molecule has 0 bridgehead atoms. The molecule has 1 saturated heterocycles. The molecule has 2 aliphatic rings. The van der Waals surface area contributed by atoms with Crippen LogP contribution in [-0.4, -0.2) is 29.2 Å². The van der Waals surface area contributed by atoms with Crippen LogP contribution >= 0.6 is 0 Å². The number of rotatable bonds is 5. The van der Waals surface area contributed by atoms with Gasteiger partial charge in [-0.2, -0.15) is 0 Å². The highest BCUT2D eigenvalue weighted by Gasteiger charge is 2.41. The van der Waals surface area contributed by atoms with Crippen molar-refractivity contribution in [2.45, 2.75) is 50.6 Å². The van der Waals surface area contributed by atoms with E-state index in [2.05, 4.69) is 10.6 Å². The van der Waals surface area contributed by atoms with E-state index in [1.165, 1.54) is 0 Å². The number of fused-ring (bicyclic) bond motifs is 1. The van der Waals surface area contributed by atoms with Crippen LogP contribution in [0.15, 0.2) is 0 Å². The summed E-state index contributed by atoms with van der Waals surface area (Å²) in [4.78, 5) is 21.5. The van der Waals surface area contributed by atoms with E-state index >= 15 is 0 Å². The molecule has 3 atom stereocenters. The van der Waals surface area contributed by atoms with Crippen LogP contribution in [0.2, 0.25) is 0 Å². The van der Waals surface area contributed by atoms with E-state index in [0.717, 1.165) is 32.1 Å². The molecule has 2 rings (SSSR count). The molecule has 90 valence electrons. The zero-order valence-electron chi connectivity index (χ0n) is 9.24. The molecule has 1 aliphatic heterocycles. The summed E-state index contributed by atoms with van der Waals surface area (Å²) in [6.07, 6.45) is 5.14. The first-order valence-electron chi connectivity index (χ1n) is 5.95. The van der Waals surface area contributed by atoms with Gasteiger partial charge in [-0.15, -0.1) is 0 Å². The standard InChI is InChI=1S/C11H18N2O3/c14-9(15)4-2-1-3-7-5-6-8-10(7)13-11(16)12-8/h7-8,10H,1-6H2,(H,14,15)(H2,12,13,16)/t7-,8?,10?/m0/s1. The molecule has 0 aromatic rings. The molecule has 5 nitrogen and oxygen atoms in total. The Bertz CT molecular complexity index is 293. The predicted molar refractivity (Wildman–Crippen MR) is 58.1 cm³/mol. The Morgan fingerprint density at radius 1 is 1.31 bits per heavy atom. The Kier molecular flexibility index (Phi) is 3.31. The largest absolute Gasteiger partial charge is 0.481 e. The minimum atomic E-state index is -0.722. The van der Waals surface area contributed by atoms with Crippen molar-refractivity contribution in [3.05, 3.63) is 0 Å². The zero-order chi connectivity index (χ0) is 11.5. The van der Waals surface area contributed by atoms with Gasteiger partial charge in [-0.3, -0.25) is 4.79 Å². The number of carbonyl (C=O) groups is 2. The molecule has 1 aliphatic carbocycles. The topological polar surface area (TPSA) is 78.4 Å². The Hall–Kier alpha value is -1.26. The molecular formula is C11H18N2O3. The summed E-state index contributed by atoms with van der Waals surface area (Å²) in [5.74, 6) is -0.196. The van der Waals surface area contributed by atoms with Crippen molar-refractivity contribution >= 4 is 12.0 Å². The molecule has 0 aromatic heterocycles. The van der Waals surface area contributed by atoms with Crippen molar-refractivity contribution in [2.24, 2.45) is 5.92 Å². The molecule has 2 fully saturated rings. The highest BCUT2D eigenvalue weighted by molar-refractivity contribution is 5.77. The second kappa shape index (κ2) is 4.72. The van der Waals surface area contributed by atoms with Crippen LogP contribution in [0, 0.1) is 5.92 Å². The average molecular weight is 226 g/mol. The third kappa shape index (κ3) is 2.46. The Morgan fingerprint density at radius 3 is 2.88 bits per heavy atom. The van der Waals surface area contributed by atoms with Crippen LogP contribution in [0.5, 0.6) is 0 Å². The number of aliphatic carboxylic acids is 1. The van der Waals surface area contributed by atoms with E-state index in [4.69, 9.17) is 5.11 Å². The monoisotopic (exact) mass is 226 g/mol. The molecule has 5 heteroatoms. The SMILES string of the molecule is O=C(O)CCCC[C@H]1CCC2NC(=O)NC21. The summed E-state index contributed by atoms with van der Waals surface area (Å²) in [5, 5.41) is 14.4. The average Bonchev–Trinajstić information content (AvgIpc) is 2.72. The molecule has 16 heavy (non-hydrogen) atoms. The smallest absolute Gasteiger partial charge is 0.315 e. The van der Waals surface area contributed by atoms with Crippen LogP contribution < -0.4 is 10.6 Å². The molecular weight excluding hydrogens is 208 g/mol. The second-order valence-corrected chi connectivity index (χ2v) is 4.73.